The number of ether oxygens (including phenoxy) is 1. The van der Waals surface area contributed by atoms with Crippen molar-refractivity contribution in [3.8, 4) is 0 Å². The van der Waals surface area contributed by atoms with Gasteiger partial charge >= 0.3 is 5.69 Å². The summed E-state index contributed by atoms with van der Waals surface area (Å²) in [6.45, 7) is 3.22. The van der Waals surface area contributed by atoms with Gasteiger partial charge in [0.05, 0.1) is 24.2 Å². The molecular formula is C11H16N4O3. The SMILES string of the molecule is O=[N+]([O-])c1cnn(C[C@@H]2CN(C3CC3)CCO2)c1. The molecule has 7 nitrogen and oxygen atoms in total. The summed E-state index contributed by atoms with van der Waals surface area (Å²) in [6, 6.07) is 0.739. The van der Waals surface area contributed by atoms with Crippen molar-refractivity contribution < 1.29 is 9.66 Å². The maximum Gasteiger partial charge on any atom is 0.306 e. The van der Waals surface area contributed by atoms with Crippen LogP contribution in [0.15, 0.2) is 12.4 Å². The van der Waals surface area contributed by atoms with Crippen molar-refractivity contribution in [3.63, 3.8) is 0 Å². The third kappa shape index (κ3) is 2.51. The largest absolute Gasteiger partial charge is 0.374 e. The topological polar surface area (TPSA) is 73.4 Å². The molecule has 1 saturated heterocycles. The van der Waals surface area contributed by atoms with E-state index in [4.69, 9.17) is 4.74 Å². The molecular weight excluding hydrogens is 236 g/mol. The Morgan fingerprint density at radius 2 is 2.39 bits per heavy atom. The Morgan fingerprint density at radius 3 is 3.06 bits per heavy atom. The lowest BCUT2D eigenvalue weighted by Crippen LogP contribution is -2.45. The van der Waals surface area contributed by atoms with Crippen molar-refractivity contribution in [2.24, 2.45) is 0 Å². The Bertz CT molecular complexity index is 443. The minimum atomic E-state index is -0.429. The van der Waals surface area contributed by atoms with Crippen LogP contribution in [0.3, 0.4) is 0 Å². The van der Waals surface area contributed by atoms with Gasteiger partial charge in [0.15, 0.2) is 0 Å². The molecule has 1 saturated carbocycles. The third-order valence-corrected chi connectivity index (χ3v) is 3.45. The second-order valence-corrected chi connectivity index (χ2v) is 4.90. The highest BCUT2D eigenvalue weighted by Gasteiger charge is 2.33. The smallest absolute Gasteiger partial charge is 0.306 e. The van der Waals surface area contributed by atoms with Gasteiger partial charge in [0.2, 0.25) is 0 Å². The average Bonchev–Trinajstić information content (AvgIpc) is 3.10. The lowest BCUT2D eigenvalue weighted by molar-refractivity contribution is -0.385. The first-order valence-corrected chi connectivity index (χ1v) is 6.25. The van der Waals surface area contributed by atoms with Crippen LogP contribution in [0.25, 0.3) is 0 Å². The van der Waals surface area contributed by atoms with Crippen LogP contribution in [0.5, 0.6) is 0 Å². The molecule has 3 rings (SSSR count). The summed E-state index contributed by atoms with van der Waals surface area (Å²) in [7, 11) is 0. The molecule has 0 aromatic carbocycles. The molecule has 2 aliphatic rings. The molecule has 1 aliphatic carbocycles. The van der Waals surface area contributed by atoms with Gasteiger partial charge in [0, 0.05) is 19.1 Å². The van der Waals surface area contributed by atoms with Gasteiger partial charge in [-0.3, -0.25) is 19.7 Å². The summed E-state index contributed by atoms with van der Waals surface area (Å²) in [6.07, 6.45) is 5.40. The van der Waals surface area contributed by atoms with Gasteiger partial charge in [-0.25, -0.2) is 0 Å². The zero-order valence-corrected chi connectivity index (χ0v) is 10.1. The first kappa shape index (κ1) is 11.6. The number of hydrogen-bond acceptors (Lipinski definition) is 5. The summed E-state index contributed by atoms with van der Waals surface area (Å²) >= 11 is 0. The van der Waals surface area contributed by atoms with Gasteiger partial charge in [-0.15, -0.1) is 0 Å². The predicted octanol–water partition coefficient (Wildman–Crippen LogP) is 0.654. The second kappa shape index (κ2) is 4.66. The van der Waals surface area contributed by atoms with Crippen molar-refractivity contribution in [1.82, 2.24) is 14.7 Å². The summed E-state index contributed by atoms with van der Waals surface area (Å²) in [5, 5.41) is 14.6. The maximum absolute atomic E-state index is 10.6. The van der Waals surface area contributed by atoms with Crippen molar-refractivity contribution in [2.45, 2.75) is 31.5 Å². The number of nitro groups is 1. The van der Waals surface area contributed by atoms with E-state index in [0.717, 1.165) is 25.7 Å². The van der Waals surface area contributed by atoms with Crippen LogP contribution in [0, 0.1) is 10.1 Å². The monoisotopic (exact) mass is 252 g/mol. The molecule has 98 valence electrons. The van der Waals surface area contributed by atoms with Crippen molar-refractivity contribution >= 4 is 5.69 Å². The van der Waals surface area contributed by atoms with E-state index in [-0.39, 0.29) is 11.8 Å². The Morgan fingerprint density at radius 1 is 1.56 bits per heavy atom. The number of nitrogens with zero attached hydrogens (tertiary/aromatic N) is 4. The van der Waals surface area contributed by atoms with Gasteiger partial charge < -0.3 is 4.74 Å². The molecule has 0 amide bonds. The zero-order chi connectivity index (χ0) is 12.5. The Labute approximate surface area is 104 Å². The van der Waals surface area contributed by atoms with Crippen LogP contribution in [-0.2, 0) is 11.3 Å². The van der Waals surface area contributed by atoms with Crippen LogP contribution in [-0.4, -0.2) is 51.4 Å². The molecule has 1 aromatic heterocycles. The van der Waals surface area contributed by atoms with E-state index in [1.807, 2.05) is 0 Å². The molecule has 0 bridgehead atoms. The number of rotatable bonds is 4. The lowest BCUT2D eigenvalue weighted by Gasteiger charge is -2.32. The average molecular weight is 252 g/mol. The molecule has 2 heterocycles. The van der Waals surface area contributed by atoms with E-state index < -0.39 is 4.92 Å². The number of morpholine rings is 1. The Hall–Kier alpha value is -1.47. The van der Waals surface area contributed by atoms with Crippen LogP contribution < -0.4 is 0 Å². The van der Waals surface area contributed by atoms with Gasteiger partial charge in [0.1, 0.15) is 12.4 Å². The van der Waals surface area contributed by atoms with Crippen molar-refractivity contribution in [3.05, 3.63) is 22.5 Å². The van der Waals surface area contributed by atoms with Crippen LogP contribution in [0.4, 0.5) is 5.69 Å². The molecule has 1 atom stereocenters. The third-order valence-electron chi connectivity index (χ3n) is 3.45. The molecule has 7 heteroatoms. The summed E-state index contributed by atoms with van der Waals surface area (Å²) < 4.78 is 7.28. The van der Waals surface area contributed by atoms with Gasteiger partial charge in [-0.2, -0.15) is 5.10 Å². The van der Waals surface area contributed by atoms with Gasteiger partial charge in [0.25, 0.3) is 0 Å². The highest BCUT2D eigenvalue weighted by atomic mass is 16.6. The van der Waals surface area contributed by atoms with Crippen molar-refractivity contribution in [2.75, 3.05) is 19.7 Å². The number of hydrogen-bond donors (Lipinski definition) is 0. The summed E-state index contributed by atoms with van der Waals surface area (Å²) in [5.41, 5.74) is 0.0323. The quantitative estimate of drug-likeness (QED) is 0.581. The fourth-order valence-corrected chi connectivity index (χ4v) is 2.38. The fraction of sp³-hybridized carbons (Fsp3) is 0.727. The van der Waals surface area contributed by atoms with Crippen molar-refractivity contribution in [1.29, 1.82) is 0 Å². The molecule has 0 N–H and O–H groups in total. The number of aromatic nitrogens is 2. The summed E-state index contributed by atoms with van der Waals surface area (Å²) in [5.74, 6) is 0. The minimum absolute atomic E-state index is 0.0323. The molecule has 0 radical (unpaired) electrons. The lowest BCUT2D eigenvalue weighted by atomic mass is 10.2. The maximum atomic E-state index is 10.6. The first-order valence-electron chi connectivity index (χ1n) is 6.25. The summed E-state index contributed by atoms with van der Waals surface area (Å²) in [4.78, 5) is 12.6. The molecule has 18 heavy (non-hydrogen) atoms. The standard InChI is InChI=1S/C11H16N4O3/c16-15(17)10-5-12-14(6-10)8-11-7-13(3-4-18-11)9-1-2-9/h5-6,9,11H,1-4,7-8H2/t11-/m0/s1. The minimum Gasteiger partial charge on any atom is -0.374 e. The highest BCUT2D eigenvalue weighted by molar-refractivity contribution is 5.20. The van der Waals surface area contributed by atoms with Crippen LogP contribution in [0.2, 0.25) is 0 Å². The van der Waals surface area contributed by atoms with Gasteiger partial charge in [-0.1, -0.05) is 0 Å². The van der Waals surface area contributed by atoms with E-state index in [0.29, 0.717) is 6.54 Å². The zero-order valence-electron chi connectivity index (χ0n) is 10.1. The molecule has 1 aromatic rings. The molecule has 2 fully saturated rings. The normalized spacial score (nSPS) is 25.2. The second-order valence-electron chi connectivity index (χ2n) is 4.90. The van der Waals surface area contributed by atoms with E-state index in [9.17, 15) is 10.1 Å². The first-order chi connectivity index (χ1) is 8.72. The highest BCUT2D eigenvalue weighted by Crippen LogP contribution is 2.28. The fourth-order valence-electron chi connectivity index (χ4n) is 2.38. The molecule has 1 aliphatic heterocycles. The predicted molar refractivity (Wildman–Crippen MR) is 63.2 cm³/mol. The van der Waals surface area contributed by atoms with E-state index >= 15 is 0 Å². The van der Waals surface area contributed by atoms with E-state index in [1.165, 1.54) is 25.2 Å². The van der Waals surface area contributed by atoms with Crippen LogP contribution in [0.1, 0.15) is 12.8 Å². The molecule has 0 unspecified atom stereocenters. The van der Waals surface area contributed by atoms with E-state index in [1.54, 1.807) is 4.68 Å². The molecule has 0 spiro atoms. The van der Waals surface area contributed by atoms with Crippen LogP contribution >= 0.6 is 0 Å². The van der Waals surface area contributed by atoms with E-state index in [2.05, 4.69) is 10.00 Å². The Balaban J connectivity index is 1.59. The Kier molecular flexibility index (Phi) is 3.00. The van der Waals surface area contributed by atoms with Gasteiger partial charge in [-0.05, 0) is 12.8 Å².